The number of aliphatic hydroxyl groups excluding tert-OH is 1. The smallest absolute Gasteiger partial charge is 0.148 e. The number of halogens is 2. The monoisotopic (exact) mass is 246 g/mol. The fourth-order valence-electron chi connectivity index (χ4n) is 1.15. The molecule has 13 heavy (non-hydrogen) atoms. The molecule has 1 rings (SSSR count). The minimum atomic E-state index is -1.28. The summed E-state index contributed by atoms with van der Waals surface area (Å²) >= 11 is 3.36. The normalized spacial score (nSPS) is 12.9. The van der Waals surface area contributed by atoms with E-state index >= 15 is 0 Å². The SMILES string of the molecule is CCc1ccc(C(F)CO)cc1Br. The maximum Gasteiger partial charge on any atom is 0.148 e. The van der Waals surface area contributed by atoms with Gasteiger partial charge in [-0.1, -0.05) is 35.0 Å². The van der Waals surface area contributed by atoms with Crippen LogP contribution in [0, 0.1) is 0 Å². The van der Waals surface area contributed by atoms with Gasteiger partial charge in [-0.3, -0.25) is 0 Å². The van der Waals surface area contributed by atoms with Crippen LogP contribution >= 0.6 is 15.9 Å². The molecule has 1 aromatic rings. The Morgan fingerprint density at radius 2 is 2.23 bits per heavy atom. The molecule has 1 aromatic carbocycles. The summed E-state index contributed by atoms with van der Waals surface area (Å²) in [6.45, 7) is 1.58. The highest BCUT2D eigenvalue weighted by Crippen LogP contribution is 2.24. The van der Waals surface area contributed by atoms with Crippen molar-refractivity contribution in [1.29, 1.82) is 0 Å². The highest BCUT2D eigenvalue weighted by molar-refractivity contribution is 9.10. The van der Waals surface area contributed by atoms with Gasteiger partial charge in [0, 0.05) is 4.47 Å². The molecule has 72 valence electrons. The van der Waals surface area contributed by atoms with E-state index < -0.39 is 12.8 Å². The largest absolute Gasteiger partial charge is 0.393 e. The molecule has 0 heterocycles. The van der Waals surface area contributed by atoms with Crippen molar-refractivity contribution < 1.29 is 9.50 Å². The third-order valence-corrected chi connectivity index (χ3v) is 2.72. The van der Waals surface area contributed by atoms with Crippen LogP contribution < -0.4 is 0 Å². The van der Waals surface area contributed by atoms with Crippen molar-refractivity contribution in [2.75, 3.05) is 6.61 Å². The van der Waals surface area contributed by atoms with Crippen molar-refractivity contribution in [3.63, 3.8) is 0 Å². The van der Waals surface area contributed by atoms with Gasteiger partial charge < -0.3 is 5.11 Å². The van der Waals surface area contributed by atoms with Gasteiger partial charge in [-0.25, -0.2) is 4.39 Å². The zero-order valence-corrected chi connectivity index (χ0v) is 9.01. The van der Waals surface area contributed by atoms with E-state index in [1.54, 1.807) is 12.1 Å². The minimum absolute atomic E-state index is 0.460. The molecular formula is C10H12BrFO. The van der Waals surface area contributed by atoms with E-state index in [2.05, 4.69) is 15.9 Å². The molecule has 3 heteroatoms. The predicted molar refractivity (Wildman–Crippen MR) is 54.5 cm³/mol. The first-order valence-electron chi connectivity index (χ1n) is 4.22. The second-order valence-corrected chi connectivity index (χ2v) is 3.71. The Morgan fingerprint density at radius 1 is 1.54 bits per heavy atom. The molecule has 1 unspecified atom stereocenters. The molecule has 0 aliphatic carbocycles. The number of alkyl halides is 1. The predicted octanol–water partition coefficient (Wildman–Crippen LogP) is 3.01. The van der Waals surface area contributed by atoms with Gasteiger partial charge in [0.15, 0.2) is 0 Å². The van der Waals surface area contributed by atoms with Crippen LogP contribution in [0.4, 0.5) is 4.39 Å². The number of hydrogen-bond donors (Lipinski definition) is 1. The lowest BCUT2D eigenvalue weighted by Crippen LogP contribution is -1.97. The second kappa shape index (κ2) is 4.72. The summed E-state index contributed by atoms with van der Waals surface area (Å²) in [5.74, 6) is 0. The summed E-state index contributed by atoms with van der Waals surface area (Å²) < 4.78 is 13.9. The van der Waals surface area contributed by atoms with E-state index in [-0.39, 0.29) is 0 Å². The lowest BCUT2D eigenvalue weighted by atomic mass is 10.1. The third kappa shape index (κ3) is 2.51. The summed E-state index contributed by atoms with van der Waals surface area (Å²) in [5.41, 5.74) is 1.67. The van der Waals surface area contributed by atoms with Crippen molar-refractivity contribution in [2.45, 2.75) is 19.5 Å². The van der Waals surface area contributed by atoms with E-state index in [0.29, 0.717) is 5.56 Å². The number of hydrogen-bond acceptors (Lipinski definition) is 1. The maximum atomic E-state index is 13.0. The van der Waals surface area contributed by atoms with Crippen molar-refractivity contribution in [3.8, 4) is 0 Å². The minimum Gasteiger partial charge on any atom is -0.393 e. The molecule has 0 radical (unpaired) electrons. The first-order chi connectivity index (χ1) is 6.19. The molecule has 1 nitrogen and oxygen atoms in total. The van der Waals surface area contributed by atoms with Gasteiger partial charge in [-0.05, 0) is 23.6 Å². The van der Waals surface area contributed by atoms with Crippen LogP contribution in [0.2, 0.25) is 0 Å². The van der Waals surface area contributed by atoms with Crippen LogP contribution in [0.25, 0.3) is 0 Å². The molecule has 0 spiro atoms. The highest BCUT2D eigenvalue weighted by atomic mass is 79.9. The average Bonchev–Trinajstić information content (AvgIpc) is 2.16. The van der Waals surface area contributed by atoms with E-state index in [4.69, 9.17) is 5.11 Å². The van der Waals surface area contributed by atoms with Gasteiger partial charge >= 0.3 is 0 Å². The molecule has 0 aliphatic rings. The average molecular weight is 247 g/mol. The van der Waals surface area contributed by atoms with Crippen molar-refractivity contribution >= 4 is 15.9 Å². The van der Waals surface area contributed by atoms with E-state index in [9.17, 15) is 4.39 Å². The summed E-state index contributed by atoms with van der Waals surface area (Å²) in [7, 11) is 0. The number of aliphatic hydroxyl groups is 1. The fourth-order valence-corrected chi connectivity index (χ4v) is 1.83. The van der Waals surface area contributed by atoms with Crippen LogP contribution in [0.15, 0.2) is 22.7 Å². The molecule has 0 fully saturated rings. The number of benzene rings is 1. The first-order valence-corrected chi connectivity index (χ1v) is 5.01. The van der Waals surface area contributed by atoms with Crippen LogP contribution in [0.3, 0.4) is 0 Å². The summed E-state index contributed by atoms with van der Waals surface area (Å²) in [6, 6.07) is 5.31. The van der Waals surface area contributed by atoms with Crippen LogP contribution in [0.5, 0.6) is 0 Å². The zero-order chi connectivity index (χ0) is 9.84. The van der Waals surface area contributed by atoms with Crippen LogP contribution in [-0.2, 0) is 6.42 Å². The van der Waals surface area contributed by atoms with Crippen molar-refractivity contribution in [3.05, 3.63) is 33.8 Å². The van der Waals surface area contributed by atoms with Crippen LogP contribution in [0.1, 0.15) is 24.2 Å². The van der Waals surface area contributed by atoms with Crippen molar-refractivity contribution in [2.24, 2.45) is 0 Å². The molecule has 0 amide bonds. The van der Waals surface area contributed by atoms with Gasteiger partial charge in [-0.2, -0.15) is 0 Å². The standard InChI is InChI=1S/C10H12BrFO/c1-2-7-3-4-8(5-9(7)11)10(12)6-13/h3-5,10,13H,2,6H2,1H3. The molecule has 0 saturated heterocycles. The van der Waals surface area contributed by atoms with E-state index in [1.165, 1.54) is 0 Å². The van der Waals surface area contributed by atoms with Gasteiger partial charge in [0.1, 0.15) is 6.17 Å². The Bertz CT molecular complexity index is 288. The summed E-state index contributed by atoms with van der Waals surface area (Å²) in [4.78, 5) is 0. The molecule has 0 bridgehead atoms. The summed E-state index contributed by atoms with van der Waals surface area (Å²) in [5, 5.41) is 8.62. The van der Waals surface area contributed by atoms with E-state index in [1.807, 2.05) is 13.0 Å². The Kier molecular flexibility index (Phi) is 3.88. The fraction of sp³-hybridized carbons (Fsp3) is 0.400. The Balaban J connectivity index is 2.95. The van der Waals surface area contributed by atoms with Crippen molar-refractivity contribution in [1.82, 2.24) is 0 Å². The van der Waals surface area contributed by atoms with Gasteiger partial charge in [0.2, 0.25) is 0 Å². The first kappa shape index (κ1) is 10.7. The lowest BCUT2D eigenvalue weighted by molar-refractivity contribution is 0.180. The quantitative estimate of drug-likeness (QED) is 0.870. The Hall–Kier alpha value is -0.410. The molecule has 1 N–H and O–H groups in total. The number of aryl methyl sites for hydroxylation is 1. The lowest BCUT2D eigenvalue weighted by Gasteiger charge is -2.07. The van der Waals surface area contributed by atoms with Gasteiger partial charge in [-0.15, -0.1) is 0 Å². The van der Waals surface area contributed by atoms with Crippen LogP contribution in [-0.4, -0.2) is 11.7 Å². The topological polar surface area (TPSA) is 20.2 Å². The Labute approximate surface area is 85.7 Å². The van der Waals surface area contributed by atoms with Gasteiger partial charge in [0.25, 0.3) is 0 Å². The highest BCUT2D eigenvalue weighted by Gasteiger charge is 2.09. The molecule has 0 saturated carbocycles. The number of rotatable bonds is 3. The zero-order valence-electron chi connectivity index (χ0n) is 7.43. The van der Waals surface area contributed by atoms with Gasteiger partial charge in [0.05, 0.1) is 6.61 Å². The second-order valence-electron chi connectivity index (χ2n) is 2.85. The van der Waals surface area contributed by atoms with E-state index in [0.717, 1.165) is 16.5 Å². The Morgan fingerprint density at radius 3 is 2.69 bits per heavy atom. The molecule has 1 atom stereocenters. The molecular weight excluding hydrogens is 235 g/mol. The third-order valence-electron chi connectivity index (χ3n) is 1.98. The molecule has 0 aromatic heterocycles. The molecule has 0 aliphatic heterocycles. The maximum absolute atomic E-state index is 13.0. The summed E-state index contributed by atoms with van der Waals surface area (Å²) in [6.07, 6.45) is -0.362.